The Kier molecular flexibility index (Phi) is 10.8. The molecule has 2 N–H and O–H groups in total. The highest BCUT2D eigenvalue weighted by Gasteiger charge is 2.19. The lowest BCUT2D eigenvalue weighted by molar-refractivity contribution is 0.667. The first-order valence-corrected chi connectivity index (χ1v) is 23.5. The van der Waals surface area contributed by atoms with Crippen LogP contribution in [-0.4, -0.2) is 21.2 Å². The molecule has 0 bridgehead atoms. The summed E-state index contributed by atoms with van der Waals surface area (Å²) in [4.78, 5) is 17.0. The Labute approximate surface area is 405 Å². The van der Waals surface area contributed by atoms with Crippen LogP contribution in [-0.2, 0) is 6.54 Å². The number of pyridine rings is 1. The van der Waals surface area contributed by atoms with Crippen LogP contribution in [0.15, 0.2) is 251 Å². The maximum absolute atomic E-state index is 6.59. The van der Waals surface area contributed by atoms with Gasteiger partial charge in [-0.2, -0.15) is 0 Å². The molecule has 0 saturated heterocycles. The summed E-state index contributed by atoms with van der Waals surface area (Å²) in [5.74, 6) is 1.00. The van der Waals surface area contributed by atoms with Crippen molar-refractivity contribution in [3.05, 3.63) is 259 Å². The average Bonchev–Trinajstić information content (AvgIpc) is 3.96. The van der Waals surface area contributed by atoms with Crippen molar-refractivity contribution in [1.29, 1.82) is 0 Å². The molecule has 70 heavy (non-hydrogen) atoms. The van der Waals surface area contributed by atoms with Crippen LogP contribution in [0.25, 0.3) is 71.8 Å². The van der Waals surface area contributed by atoms with E-state index in [0.29, 0.717) is 18.2 Å². The number of aromatic nitrogens is 2. The number of hydrogen-bond acceptors (Lipinski definition) is 4. The van der Waals surface area contributed by atoms with Crippen molar-refractivity contribution in [3.63, 3.8) is 0 Å². The van der Waals surface area contributed by atoms with Crippen LogP contribution in [0, 0.1) is 6.92 Å². The Morgan fingerprint density at radius 3 is 1.93 bits per heavy atom. The van der Waals surface area contributed by atoms with Crippen molar-refractivity contribution in [2.24, 2.45) is 15.7 Å². The van der Waals surface area contributed by atoms with Gasteiger partial charge in [0.25, 0.3) is 0 Å². The lowest BCUT2D eigenvalue weighted by Crippen LogP contribution is -2.16. The highest BCUT2D eigenvalue weighted by molar-refractivity contribution is 6.12. The van der Waals surface area contributed by atoms with Gasteiger partial charge in [-0.25, -0.2) is 4.99 Å². The summed E-state index contributed by atoms with van der Waals surface area (Å²) >= 11 is 0. The zero-order chi connectivity index (χ0) is 47.0. The molecule has 9 aromatic carbocycles. The Morgan fingerprint density at radius 1 is 0.529 bits per heavy atom. The predicted octanol–water partition coefficient (Wildman–Crippen LogP) is 15.5. The normalized spacial score (nSPS) is 12.1. The minimum Gasteiger partial charge on any atom is -0.454 e. The van der Waals surface area contributed by atoms with Crippen LogP contribution >= 0.6 is 0 Å². The number of nitrogens with two attached hydrogens (primary N) is 1. The number of para-hydroxylation sites is 3. The largest absolute Gasteiger partial charge is 0.454 e. The monoisotopic (exact) mass is 902 g/mol. The van der Waals surface area contributed by atoms with E-state index in [1.54, 1.807) is 0 Å². The molecular formula is C63H46N6O. The molecule has 3 heterocycles. The van der Waals surface area contributed by atoms with Gasteiger partial charge in [-0.3, -0.25) is 9.98 Å². The van der Waals surface area contributed by atoms with Gasteiger partial charge in [-0.05, 0) is 114 Å². The number of furan rings is 1. The molecule has 0 saturated carbocycles. The summed E-state index contributed by atoms with van der Waals surface area (Å²) in [5.41, 5.74) is 23.0. The molecule has 7 heteroatoms. The second-order valence-corrected chi connectivity index (χ2v) is 17.5. The Morgan fingerprint density at radius 2 is 1.16 bits per heavy atom. The maximum Gasteiger partial charge on any atom is 0.157 e. The number of hydrogen-bond donors (Lipinski definition) is 1. The highest BCUT2D eigenvalue weighted by Crippen LogP contribution is 2.41. The second kappa shape index (κ2) is 18.1. The molecule has 0 unspecified atom stereocenters. The molecule has 3 aromatic heterocycles. The molecular weight excluding hydrogens is 857 g/mol. The summed E-state index contributed by atoms with van der Waals surface area (Å²) in [6.07, 6.45) is 1.83. The van der Waals surface area contributed by atoms with Crippen molar-refractivity contribution in [2.75, 3.05) is 4.90 Å². The summed E-state index contributed by atoms with van der Waals surface area (Å²) < 4.78 is 8.41. The third-order valence-corrected chi connectivity index (χ3v) is 13.1. The van der Waals surface area contributed by atoms with Crippen molar-refractivity contribution in [3.8, 4) is 28.1 Å². The zero-order valence-electron chi connectivity index (χ0n) is 38.4. The van der Waals surface area contributed by atoms with Gasteiger partial charge < -0.3 is 19.6 Å². The summed E-state index contributed by atoms with van der Waals surface area (Å²) in [6, 6.07) is 80.2. The average molecular weight is 903 g/mol. The van der Waals surface area contributed by atoms with E-state index >= 15 is 0 Å². The quantitative estimate of drug-likeness (QED) is 0.109. The fraction of sp³-hybridized carbons (Fsp3) is 0.0317. The number of rotatable bonds is 10. The summed E-state index contributed by atoms with van der Waals surface area (Å²) in [7, 11) is 0. The minimum atomic E-state index is 0.420. The van der Waals surface area contributed by atoms with Crippen LogP contribution in [0.4, 0.5) is 17.1 Å². The van der Waals surface area contributed by atoms with Crippen molar-refractivity contribution < 1.29 is 4.42 Å². The van der Waals surface area contributed by atoms with Gasteiger partial charge in [-0.15, -0.1) is 0 Å². The van der Waals surface area contributed by atoms with E-state index in [0.717, 1.165) is 100 Å². The van der Waals surface area contributed by atoms with E-state index in [9.17, 15) is 0 Å². The fourth-order valence-corrected chi connectivity index (χ4v) is 9.58. The molecule has 0 fully saturated rings. The maximum atomic E-state index is 6.59. The molecule has 0 aliphatic carbocycles. The van der Waals surface area contributed by atoms with Gasteiger partial charge in [0.15, 0.2) is 11.4 Å². The van der Waals surface area contributed by atoms with Gasteiger partial charge in [-0.1, -0.05) is 146 Å². The highest BCUT2D eigenvalue weighted by atomic mass is 16.3. The number of amidine groups is 2. The van der Waals surface area contributed by atoms with E-state index < -0.39 is 0 Å². The van der Waals surface area contributed by atoms with Crippen molar-refractivity contribution in [2.45, 2.75) is 13.5 Å². The number of nitrogens with zero attached hydrogens (tertiary/aromatic N) is 5. The van der Waals surface area contributed by atoms with Gasteiger partial charge in [0.1, 0.15) is 11.4 Å². The molecule has 0 amide bonds. The predicted molar refractivity (Wildman–Crippen MR) is 290 cm³/mol. The standard InChI is InChI=1S/C63H46N6O/c1-42-37-47(30-36-57(42)68(49-19-9-4-10-20-49)50-31-25-44(26-32-50)56-39-55-54-22-12-14-24-60(54)70-61(55)41-65-56)48-29-35-53-52-21-11-13-23-58(52)69(59(53)38-48)51-33-27-46(28-34-51)63(66-40-43-15-5-2-6-16-43)67-62(64)45-17-7-3-8-18-45/h2-39,41H,40H2,1H3,(H2,64,66,67). The molecule has 12 rings (SSSR count). The summed E-state index contributed by atoms with van der Waals surface area (Å²) in [6.45, 7) is 2.68. The Balaban J connectivity index is 0.885. The Bertz CT molecular complexity index is 3910. The van der Waals surface area contributed by atoms with E-state index in [1.165, 1.54) is 10.8 Å². The first-order valence-electron chi connectivity index (χ1n) is 23.5. The fourth-order valence-electron chi connectivity index (χ4n) is 9.58. The van der Waals surface area contributed by atoms with Crippen LogP contribution in [0.5, 0.6) is 0 Å². The van der Waals surface area contributed by atoms with Crippen molar-refractivity contribution in [1.82, 2.24) is 9.55 Å². The van der Waals surface area contributed by atoms with Crippen LogP contribution < -0.4 is 10.6 Å². The third-order valence-electron chi connectivity index (χ3n) is 13.1. The molecule has 334 valence electrons. The lowest BCUT2D eigenvalue weighted by atomic mass is 9.99. The van der Waals surface area contributed by atoms with Gasteiger partial charge >= 0.3 is 0 Å². The van der Waals surface area contributed by atoms with Gasteiger partial charge in [0.2, 0.25) is 0 Å². The van der Waals surface area contributed by atoms with Gasteiger partial charge in [0.05, 0.1) is 29.5 Å². The topological polar surface area (TPSA) is 84.9 Å². The number of benzene rings is 9. The van der Waals surface area contributed by atoms with E-state index in [1.807, 2.05) is 72.9 Å². The van der Waals surface area contributed by atoms with Gasteiger partial charge in [0, 0.05) is 61.0 Å². The minimum absolute atomic E-state index is 0.420. The van der Waals surface area contributed by atoms with E-state index in [4.69, 9.17) is 25.1 Å². The first-order chi connectivity index (χ1) is 34.5. The molecule has 0 aliphatic rings. The second-order valence-electron chi connectivity index (χ2n) is 17.5. The van der Waals surface area contributed by atoms with Crippen LogP contribution in [0.3, 0.4) is 0 Å². The van der Waals surface area contributed by atoms with Crippen LogP contribution in [0.2, 0.25) is 0 Å². The molecule has 7 nitrogen and oxygen atoms in total. The molecule has 0 spiro atoms. The number of aliphatic imine (C=N–C) groups is 2. The van der Waals surface area contributed by atoms with E-state index in [-0.39, 0.29) is 0 Å². The third kappa shape index (κ3) is 7.95. The molecule has 12 aromatic rings. The Hall–Kier alpha value is -9.33. The van der Waals surface area contributed by atoms with Crippen molar-refractivity contribution >= 4 is 72.5 Å². The number of aryl methyl sites for hydroxylation is 1. The smallest absolute Gasteiger partial charge is 0.157 e. The summed E-state index contributed by atoms with van der Waals surface area (Å²) in [5, 5.41) is 4.54. The van der Waals surface area contributed by atoms with E-state index in [2.05, 4.69) is 180 Å². The number of anilines is 3. The molecule has 0 radical (unpaired) electrons. The zero-order valence-corrected chi connectivity index (χ0v) is 38.4. The lowest BCUT2D eigenvalue weighted by Gasteiger charge is -2.27. The first kappa shape index (κ1) is 42.1. The number of fused-ring (bicyclic) bond motifs is 6. The van der Waals surface area contributed by atoms with Crippen LogP contribution in [0.1, 0.15) is 22.3 Å². The molecule has 0 aliphatic heterocycles. The SMILES string of the molecule is Cc1cc(-c2ccc3c4ccccc4n(-c4ccc(C(N=C(N)c5ccccc5)=NCc5ccccc5)cc4)c3c2)ccc1N(c1ccccc1)c1ccc(-c2cc3c(cn2)oc2ccccc23)cc1. The molecule has 0 atom stereocenters.